The smallest absolute Gasteiger partial charge is 0.226 e. The number of benzene rings is 2. The number of nitriles is 1. The maximum absolute atomic E-state index is 14.2. The molecule has 4 nitrogen and oxygen atoms in total. The van der Waals surface area contributed by atoms with Crippen LogP contribution in [0.1, 0.15) is 11.3 Å². The van der Waals surface area contributed by atoms with Gasteiger partial charge in [0.15, 0.2) is 0 Å². The molecular weight excluding hydrogens is 348 g/mol. The van der Waals surface area contributed by atoms with Crippen LogP contribution in [0.25, 0.3) is 11.1 Å². The molecule has 7 heteroatoms. The van der Waals surface area contributed by atoms with Crippen LogP contribution in [0.5, 0.6) is 11.6 Å². The van der Waals surface area contributed by atoms with Gasteiger partial charge < -0.3 is 4.74 Å². The van der Waals surface area contributed by atoms with Gasteiger partial charge in [0, 0.05) is 7.05 Å². The van der Waals surface area contributed by atoms with Gasteiger partial charge in [-0.25, -0.2) is 13.5 Å². The number of hydrogen-bond acceptors (Lipinski definition) is 3. The van der Waals surface area contributed by atoms with Gasteiger partial charge in [-0.3, -0.25) is 0 Å². The topological polar surface area (TPSA) is 50.8 Å². The fourth-order valence-electron chi connectivity index (χ4n) is 2.54. The molecule has 126 valence electrons. The fraction of sp³-hybridized carbons (Fsp3) is 0.111. The van der Waals surface area contributed by atoms with Crippen LogP contribution >= 0.6 is 11.6 Å². The Morgan fingerprint density at radius 2 is 1.84 bits per heavy atom. The van der Waals surface area contributed by atoms with Gasteiger partial charge >= 0.3 is 0 Å². The molecule has 0 amide bonds. The summed E-state index contributed by atoms with van der Waals surface area (Å²) < 4.78 is 35.6. The Morgan fingerprint density at radius 1 is 1.16 bits per heavy atom. The van der Waals surface area contributed by atoms with Crippen LogP contribution in [-0.4, -0.2) is 9.78 Å². The van der Waals surface area contributed by atoms with Gasteiger partial charge in [-0.1, -0.05) is 17.7 Å². The van der Waals surface area contributed by atoms with Crippen LogP contribution in [0, 0.1) is 29.9 Å². The molecule has 0 unspecified atom stereocenters. The highest BCUT2D eigenvalue weighted by molar-refractivity contribution is 6.32. The zero-order valence-electron chi connectivity index (χ0n) is 13.3. The van der Waals surface area contributed by atoms with E-state index in [1.807, 2.05) is 6.07 Å². The summed E-state index contributed by atoms with van der Waals surface area (Å²) in [4.78, 5) is 0. The third-order valence-electron chi connectivity index (χ3n) is 3.65. The average molecular weight is 360 g/mol. The van der Waals surface area contributed by atoms with Crippen molar-refractivity contribution >= 4 is 11.6 Å². The Kier molecular flexibility index (Phi) is 4.43. The molecule has 0 spiro atoms. The minimum atomic E-state index is -0.716. The first-order valence-corrected chi connectivity index (χ1v) is 7.65. The number of aromatic nitrogens is 2. The minimum absolute atomic E-state index is 0.146. The van der Waals surface area contributed by atoms with E-state index < -0.39 is 11.6 Å². The van der Waals surface area contributed by atoms with Crippen molar-refractivity contribution in [1.82, 2.24) is 9.78 Å². The lowest BCUT2D eigenvalue weighted by Gasteiger charge is -2.11. The second kappa shape index (κ2) is 6.54. The van der Waals surface area contributed by atoms with E-state index in [9.17, 15) is 8.78 Å². The fourth-order valence-corrected chi connectivity index (χ4v) is 2.75. The molecule has 0 bridgehead atoms. The van der Waals surface area contributed by atoms with E-state index in [0.29, 0.717) is 11.3 Å². The number of nitrogens with zero attached hydrogens (tertiary/aromatic N) is 3. The maximum Gasteiger partial charge on any atom is 0.226 e. The number of rotatable bonds is 3. The lowest BCUT2D eigenvalue weighted by Crippen LogP contribution is -1.98. The first kappa shape index (κ1) is 16.9. The van der Waals surface area contributed by atoms with Crippen molar-refractivity contribution in [1.29, 1.82) is 5.26 Å². The summed E-state index contributed by atoms with van der Waals surface area (Å²) in [5.41, 5.74) is 0.775. The molecule has 25 heavy (non-hydrogen) atoms. The molecule has 3 aromatic rings. The first-order valence-electron chi connectivity index (χ1n) is 7.28. The summed E-state index contributed by atoms with van der Waals surface area (Å²) in [6.07, 6.45) is 0. The van der Waals surface area contributed by atoms with Crippen LogP contribution in [0.4, 0.5) is 8.78 Å². The Labute approximate surface area is 147 Å². The zero-order chi connectivity index (χ0) is 18.1. The highest BCUT2D eigenvalue weighted by Crippen LogP contribution is 2.40. The number of halogens is 3. The highest BCUT2D eigenvalue weighted by atomic mass is 35.5. The van der Waals surface area contributed by atoms with Gasteiger partial charge in [-0.2, -0.15) is 10.4 Å². The monoisotopic (exact) mass is 359 g/mol. The molecule has 0 fully saturated rings. The maximum atomic E-state index is 14.2. The summed E-state index contributed by atoms with van der Waals surface area (Å²) in [5.74, 6) is -1.03. The van der Waals surface area contributed by atoms with Crippen molar-refractivity contribution in [2.45, 2.75) is 6.92 Å². The predicted molar refractivity (Wildman–Crippen MR) is 89.5 cm³/mol. The molecule has 1 aromatic heterocycles. The van der Waals surface area contributed by atoms with E-state index in [1.165, 1.54) is 41.1 Å². The lowest BCUT2D eigenvalue weighted by molar-refractivity contribution is 0.431. The Bertz CT molecular complexity index is 988. The van der Waals surface area contributed by atoms with Crippen molar-refractivity contribution in [3.05, 3.63) is 64.3 Å². The molecule has 0 atom stereocenters. The van der Waals surface area contributed by atoms with E-state index in [2.05, 4.69) is 5.10 Å². The SMILES string of the molecule is Cc1nn(C)c(Oc2ccc(C#N)cc2Cl)c1-c1c(F)cccc1F. The Morgan fingerprint density at radius 3 is 2.44 bits per heavy atom. The molecule has 0 saturated heterocycles. The number of ether oxygens (including phenoxy) is 1. The second-order valence-electron chi connectivity index (χ2n) is 5.34. The summed E-state index contributed by atoms with van der Waals surface area (Å²) >= 11 is 6.12. The predicted octanol–water partition coefficient (Wildman–Crippen LogP) is 4.99. The van der Waals surface area contributed by atoms with Crippen molar-refractivity contribution in [3.63, 3.8) is 0 Å². The van der Waals surface area contributed by atoms with E-state index >= 15 is 0 Å². The van der Waals surface area contributed by atoms with Gasteiger partial charge in [0.05, 0.1) is 33.5 Å². The summed E-state index contributed by atoms with van der Waals surface area (Å²) in [5, 5.41) is 13.3. The quantitative estimate of drug-likeness (QED) is 0.661. The average Bonchev–Trinajstić information content (AvgIpc) is 2.83. The highest BCUT2D eigenvalue weighted by Gasteiger charge is 2.23. The van der Waals surface area contributed by atoms with E-state index in [-0.39, 0.29) is 27.8 Å². The molecule has 0 saturated carbocycles. The molecule has 0 radical (unpaired) electrons. The number of hydrogen-bond donors (Lipinski definition) is 0. The van der Waals surface area contributed by atoms with Gasteiger partial charge in [0.1, 0.15) is 17.4 Å². The summed E-state index contributed by atoms with van der Waals surface area (Å²) in [6.45, 7) is 1.63. The van der Waals surface area contributed by atoms with Crippen molar-refractivity contribution in [2.24, 2.45) is 7.05 Å². The molecule has 1 heterocycles. The first-order chi connectivity index (χ1) is 11.9. The number of aryl methyl sites for hydroxylation is 2. The third-order valence-corrected chi connectivity index (χ3v) is 3.95. The summed E-state index contributed by atoms with van der Waals surface area (Å²) in [6, 6.07) is 10.1. The molecular formula is C18H12ClF2N3O. The van der Waals surface area contributed by atoms with Crippen molar-refractivity contribution in [2.75, 3.05) is 0 Å². The van der Waals surface area contributed by atoms with E-state index in [4.69, 9.17) is 21.6 Å². The normalized spacial score (nSPS) is 10.6. The Balaban J connectivity index is 2.14. The van der Waals surface area contributed by atoms with Gasteiger partial charge in [-0.15, -0.1) is 0 Å². The molecule has 0 aliphatic rings. The summed E-state index contributed by atoms with van der Waals surface area (Å²) in [7, 11) is 1.60. The van der Waals surface area contributed by atoms with E-state index in [1.54, 1.807) is 14.0 Å². The standard InChI is InChI=1S/C18H12ClF2N3O/c1-10-16(17-13(20)4-3-5-14(17)21)18(24(2)23-10)25-15-7-6-11(9-22)8-12(15)19/h3-8H,1-2H3. The van der Waals surface area contributed by atoms with Gasteiger partial charge in [0.25, 0.3) is 0 Å². The van der Waals surface area contributed by atoms with Crippen LogP contribution in [0.2, 0.25) is 5.02 Å². The minimum Gasteiger partial charge on any atom is -0.437 e. The second-order valence-corrected chi connectivity index (χ2v) is 5.75. The molecule has 0 N–H and O–H groups in total. The molecule has 0 aliphatic carbocycles. The van der Waals surface area contributed by atoms with Crippen molar-refractivity contribution in [3.8, 4) is 28.8 Å². The molecule has 0 aliphatic heterocycles. The van der Waals surface area contributed by atoms with E-state index in [0.717, 1.165) is 0 Å². The Hall–Kier alpha value is -2.91. The van der Waals surface area contributed by atoms with Gasteiger partial charge in [0.2, 0.25) is 5.88 Å². The van der Waals surface area contributed by atoms with Crippen LogP contribution < -0.4 is 4.74 Å². The molecule has 3 rings (SSSR count). The van der Waals surface area contributed by atoms with Crippen LogP contribution in [-0.2, 0) is 7.05 Å². The third kappa shape index (κ3) is 3.06. The lowest BCUT2D eigenvalue weighted by atomic mass is 10.0. The largest absolute Gasteiger partial charge is 0.437 e. The van der Waals surface area contributed by atoms with Crippen LogP contribution in [0.15, 0.2) is 36.4 Å². The zero-order valence-corrected chi connectivity index (χ0v) is 14.1. The molecule has 2 aromatic carbocycles. The van der Waals surface area contributed by atoms with Gasteiger partial charge in [-0.05, 0) is 37.3 Å². The van der Waals surface area contributed by atoms with Crippen LogP contribution in [0.3, 0.4) is 0 Å². The van der Waals surface area contributed by atoms with Crippen molar-refractivity contribution < 1.29 is 13.5 Å².